The number of carbonyl (C=O) groups is 2. The number of nitriles is 1. The molecule has 69 heavy (non-hydrogen) atoms. The molecule has 2 heterocycles. The van der Waals surface area contributed by atoms with Crippen molar-refractivity contribution in [1.82, 2.24) is 10.2 Å². The number of fused-ring (bicyclic) bond motifs is 2. The number of nitrogens with zero attached hydrogens (tertiary/aromatic N) is 3. The highest BCUT2D eigenvalue weighted by Crippen LogP contribution is 2.62. The Balaban J connectivity index is 1.41. The minimum Gasteiger partial charge on any atom is -0.459 e. The number of rotatable bonds is 29. The van der Waals surface area contributed by atoms with Crippen LogP contribution in [-0.2, 0) is 14.3 Å². The molecule has 3 N–H and O–H groups in total. The number of oxime groups is 1. The van der Waals surface area contributed by atoms with Crippen molar-refractivity contribution in [3.05, 3.63) is 83.5 Å². The fraction of sp³-hybridized carbons (Fsp3) is 0.643. The maximum atomic E-state index is 15.0. The van der Waals surface area contributed by atoms with Gasteiger partial charge in [-0.25, -0.2) is 4.79 Å². The summed E-state index contributed by atoms with van der Waals surface area (Å²) in [6.45, 7) is 10.1. The van der Waals surface area contributed by atoms with Crippen molar-refractivity contribution in [1.29, 1.82) is 5.26 Å². The highest BCUT2D eigenvalue weighted by molar-refractivity contribution is 6.03. The molecule has 2 aliphatic carbocycles. The average Bonchev–Trinajstić information content (AvgIpc) is 3.37. The van der Waals surface area contributed by atoms with Crippen LogP contribution in [0.4, 0.5) is 4.79 Å². The third-order valence-electron chi connectivity index (χ3n) is 14.4. The Morgan fingerprint density at radius 2 is 1.65 bits per heavy atom. The number of hydrogen-bond donors (Lipinski definition) is 3. The number of hydrogen-bond acceptors (Lipinski definition) is 11. The summed E-state index contributed by atoms with van der Waals surface area (Å²) in [4.78, 5) is 36.5. The van der Waals surface area contributed by atoms with Crippen LogP contribution in [0.25, 0.3) is 0 Å². The Hall–Kier alpha value is -4.74. The molecule has 13 heteroatoms. The molecule has 2 fully saturated rings. The van der Waals surface area contributed by atoms with Crippen LogP contribution in [0.5, 0.6) is 11.5 Å². The van der Waals surface area contributed by atoms with E-state index in [1.807, 2.05) is 24.0 Å². The van der Waals surface area contributed by atoms with E-state index in [1.165, 1.54) is 44.9 Å². The van der Waals surface area contributed by atoms with Crippen LogP contribution in [0.1, 0.15) is 176 Å². The van der Waals surface area contributed by atoms with Crippen molar-refractivity contribution in [3.8, 4) is 17.6 Å². The first-order chi connectivity index (χ1) is 33.8. The zero-order valence-electron chi connectivity index (χ0n) is 41.6. The van der Waals surface area contributed by atoms with Gasteiger partial charge in [0.25, 0.3) is 5.91 Å². The van der Waals surface area contributed by atoms with Crippen molar-refractivity contribution >= 4 is 17.7 Å². The van der Waals surface area contributed by atoms with E-state index in [0.717, 1.165) is 68.9 Å². The summed E-state index contributed by atoms with van der Waals surface area (Å²) in [5.41, 5.74) is 3.35. The predicted molar refractivity (Wildman–Crippen MR) is 268 cm³/mol. The second-order valence-corrected chi connectivity index (χ2v) is 19.4. The molecule has 4 aliphatic rings. The topological polar surface area (TPSA) is 172 Å². The number of allylic oxidation sites excluding steroid dienone is 1. The first-order valence-corrected chi connectivity index (χ1v) is 26.4. The van der Waals surface area contributed by atoms with Crippen LogP contribution in [0.3, 0.4) is 0 Å². The standard InChI is InChI=1S/C56H80N4O9/c1-4-7-8-9-10-11-12-13-14-18-31-58-55(64)67-44-29-30-49-47(38-44)52-45(23-16-20-34-62)43(22-15-19-33-61)37-46-48(59-69-51-24-17-21-36-65-51)39-50(56(68-49,53(46)52)66-35-6-3)60(32-5-2)54(63)42-27-25-41(40-57)26-28-42/h6,25-30,37-38,43,45,50-53,61-62H,3-5,7-24,31-36,39H2,1-2H3,(H,58,64). The third-order valence-corrected chi connectivity index (χ3v) is 14.4. The summed E-state index contributed by atoms with van der Waals surface area (Å²) in [5.74, 6) is -1.51. The highest BCUT2D eigenvalue weighted by atomic mass is 16.8. The zero-order valence-corrected chi connectivity index (χ0v) is 41.6. The Morgan fingerprint density at radius 3 is 2.32 bits per heavy atom. The number of carbonyl (C=O) groups excluding carboxylic acids is 2. The van der Waals surface area contributed by atoms with Gasteiger partial charge in [-0.15, -0.1) is 6.58 Å². The van der Waals surface area contributed by atoms with E-state index in [9.17, 15) is 20.3 Å². The number of amides is 2. The molecule has 13 nitrogen and oxygen atoms in total. The third kappa shape index (κ3) is 14.2. The van der Waals surface area contributed by atoms with E-state index in [-0.39, 0.29) is 49.9 Å². The fourth-order valence-corrected chi connectivity index (χ4v) is 11.1. The first kappa shape index (κ1) is 53.6. The molecule has 378 valence electrons. The molecule has 7 atom stereocenters. The molecule has 2 aliphatic heterocycles. The minimum absolute atomic E-state index is 0.00443. The van der Waals surface area contributed by atoms with Gasteiger partial charge in [0.1, 0.15) is 17.5 Å². The van der Waals surface area contributed by atoms with E-state index < -0.39 is 30.1 Å². The molecule has 6 rings (SSSR count). The minimum atomic E-state index is -1.45. The van der Waals surface area contributed by atoms with Crippen molar-refractivity contribution in [2.45, 2.75) is 173 Å². The maximum Gasteiger partial charge on any atom is 0.412 e. The second kappa shape index (κ2) is 28.2. The van der Waals surface area contributed by atoms with Gasteiger partial charge in [0, 0.05) is 56.2 Å². The Labute approximate surface area is 411 Å². The second-order valence-electron chi connectivity index (χ2n) is 19.4. The van der Waals surface area contributed by atoms with E-state index in [1.54, 1.807) is 36.4 Å². The Morgan fingerprint density at radius 1 is 0.928 bits per heavy atom. The molecular weight excluding hydrogens is 873 g/mol. The number of benzene rings is 2. The maximum absolute atomic E-state index is 15.0. The van der Waals surface area contributed by atoms with Crippen LogP contribution in [0.15, 0.2) is 71.9 Å². The summed E-state index contributed by atoms with van der Waals surface area (Å²) >= 11 is 0. The molecule has 2 amide bonds. The van der Waals surface area contributed by atoms with Crippen molar-refractivity contribution in [3.63, 3.8) is 0 Å². The predicted octanol–water partition coefficient (Wildman–Crippen LogP) is 11.3. The van der Waals surface area contributed by atoms with Gasteiger partial charge in [0.2, 0.25) is 12.1 Å². The molecular formula is C56H80N4O9. The lowest BCUT2D eigenvalue weighted by molar-refractivity contribution is -0.254. The van der Waals surface area contributed by atoms with Gasteiger partial charge in [-0.05, 0) is 111 Å². The number of aliphatic hydroxyl groups is 2. The molecule has 0 spiro atoms. The largest absolute Gasteiger partial charge is 0.459 e. The summed E-state index contributed by atoms with van der Waals surface area (Å²) in [6.07, 6.45) is 23.0. The molecule has 1 saturated carbocycles. The first-order valence-electron chi connectivity index (χ1n) is 26.4. The number of unbranched alkanes of at least 4 members (excludes halogenated alkanes) is 11. The molecule has 0 bridgehead atoms. The van der Waals surface area contributed by atoms with Gasteiger partial charge in [0.05, 0.1) is 36.5 Å². The number of ether oxygens (including phenoxy) is 4. The summed E-state index contributed by atoms with van der Waals surface area (Å²) in [6, 6.07) is 13.7. The Bertz CT molecular complexity index is 2030. The summed E-state index contributed by atoms with van der Waals surface area (Å²) in [5, 5.41) is 37.5. The molecule has 0 radical (unpaired) electrons. The van der Waals surface area contributed by atoms with Crippen molar-refractivity contribution < 1.29 is 43.6 Å². The Kier molecular flexibility index (Phi) is 21.9. The van der Waals surface area contributed by atoms with E-state index in [2.05, 4.69) is 31.0 Å². The van der Waals surface area contributed by atoms with Gasteiger partial charge in [-0.2, -0.15) is 5.26 Å². The van der Waals surface area contributed by atoms with E-state index >= 15 is 4.79 Å². The zero-order chi connectivity index (χ0) is 48.9. The summed E-state index contributed by atoms with van der Waals surface area (Å²) in [7, 11) is 0. The van der Waals surface area contributed by atoms with Crippen LogP contribution in [-0.4, -0.2) is 90.5 Å². The lowest BCUT2D eigenvalue weighted by atomic mass is 9.55. The quantitative estimate of drug-likeness (QED) is 0.0405. The van der Waals surface area contributed by atoms with Crippen LogP contribution in [0, 0.1) is 29.1 Å². The lowest BCUT2D eigenvalue weighted by Crippen LogP contribution is -2.70. The molecule has 7 unspecified atom stereocenters. The fourth-order valence-electron chi connectivity index (χ4n) is 11.1. The van der Waals surface area contributed by atoms with Crippen LogP contribution < -0.4 is 14.8 Å². The van der Waals surface area contributed by atoms with Gasteiger partial charge in [0.15, 0.2) is 0 Å². The molecule has 2 aromatic rings. The average molecular weight is 953 g/mol. The van der Waals surface area contributed by atoms with Crippen molar-refractivity contribution in [2.75, 3.05) is 39.5 Å². The van der Waals surface area contributed by atoms with Gasteiger partial charge in [-0.3, -0.25) is 4.79 Å². The van der Waals surface area contributed by atoms with E-state index in [0.29, 0.717) is 73.7 Å². The van der Waals surface area contributed by atoms with Gasteiger partial charge in [-0.1, -0.05) is 102 Å². The monoisotopic (exact) mass is 953 g/mol. The number of aliphatic hydroxyl groups excluding tert-OH is 2. The lowest BCUT2D eigenvalue weighted by Gasteiger charge is -2.60. The summed E-state index contributed by atoms with van der Waals surface area (Å²) < 4.78 is 26.5. The van der Waals surface area contributed by atoms with E-state index in [4.69, 9.17) is 28.9 Å². The van der Waals surface area contributed by atoms with Crippen LogP contribution in [0.2, 0.25) is 0 Å². The molecule has 0 aromatic heterocycles. The van der Waals surface area contributed by atoms with Crippen molar-refractivity contribution in [2.24, 2.45) is 22.9 Å². The molecule has 1 saturated heterocycles. The molecule has 2 aromatic carbocycles. The normalized spacial score (nSPS) is 24.2. The number of nitrogens with one attached hydrogen (secondary N) is 1. The van der Waals surface area contributed by atoms with Crippen LogP contribution >= 0.6 is 0 Å². The highest BCUT2D eigenvalue weighted by Gasteiger charge is 2.65. The SMILES string of the molecule is C=CCOC12Oc3ccc(OC(=O)NCCCCCCCCCCCC)cc3C3C(CCCCO)C(CCCCO)C=C(C(=NOC4CCCCO4)CC1N(CCC)C(=O)c1ccc(C#N)cc1)C32. The smallest absolute Gasteiger partial charge is 0.412 e. The van der Waals surface area contributed by atoms with Gasteiger partial charge >= 0.3 is 6.09 Å². The van der Waals surface area contributed by atoms with Gasteiger partial charge < -0.3 is 44.2 Å².